The van der Waals surface area contributed by atoms with Gasteiger partial charge in [-0.2, -0.15) is 0 Å². The molecule has 0 spiro atoms. The molecule has 0 fully saturated rings. The fourth-order valence-corrected chi connectivity index (χ4v) is 1.36. The smallest absolute Gasteiger partial charge is 0.246 e. The zero-order chi connectivity index (χ0) is 12.4. The van der Waals surface area contributed by atoms with Gasteiger partial charge in [0.25, 0.3) is 0 Å². The van der Waals surface area contributed by atoms with Crippen LogP contribution in [0.1, 0.15) is 32.6 Å². The molecule has 2 amide bonds. The third kappa shape index (κ3) is 8.19. The van der Waals surface area contributed by atoms with Gasteiger partial charge in [-0.15, -0.1) is 0 Å². The number of nitrogens with two attached hydrogens (primary N) is 2. The molecule has 0 saturated heterocycles. The average Bonchev–Trinajstić information content (AvgIpc) is 2.23. The van der Waals surface area contributed by atoms with Gasteiger partial charge in [0.2, 0.25) is 11.8 Å². The Morgan fingerprint density at radius 2 is 2.06 bits per heavy atom. The maximum Gasteiger partial charge on any atom is 0.246 e. The van der Waals surface area contributed by atoms with Crippen molar-refractivity contribution in [3.05, 3.63) is 0 Å². The lowest BCUT2D eigenvalue weighted by atomic mass is 9.97. The molecular formula is C10H21N3O3. The first-order chi connectivity index (χ1) is 7.60. The normalized spacial score (nSPS) is 12.1. The summed E-state index contributed by atoms with van der Waals surface area (Å²) in [6.07, 6.45) is 3.08. The number of hydrogen-bond acceptors (Lipinski definition) is 4. The van der Waals surface area contributed by atoms with Gasteiger partial charge in [-0.05, 0) is 25.3 Å². The molecule has 6 nitrogen and oxygen atoms in total. The first-order valence-electron chi connectivity index (χ1n) is 5.49. The third-order valence-electron chi connectivity index (χ3n) is 2.33. The molecule has 0 aliphatic carbocycles. The van der Waals surface area contributed by atoms with Crippen molar-refractivity contribution in [2.45, 2.75) is 32.6 Å². The van der Waals surface area contributed by atoms with E-state index in [0.717, 1.165) is 19.3 Å². The van der Waals surface area contributed by atoms with Gasteiger partial charge in [-0.3, -0.25) is 14.4 Å². The molecule has 0 aliphatic rings. The lowest BCUT2D eigenvalue weighted by molar-refractivity contribution is -0.138. The average molecular weight is 231 g/mol. The van der Waals surface area contributed by atoms with E-state index in [9.17, 15) is 9.59 Å². The highest BCUT2D eigenvalue weighted by Gasteiger charge is 2.09. The second kappa shape index (κ2) is 9.11. The standard InChI is InChI=1S/C10H21N3O3/c1-2-8(5-6-11)3-4-10(15)13-16-7-9(12)14/h8H,2-7,11H2,1H3,(H2,12,14)(H,13,15). The summed E-state index contributed by atoms with van der Waals surface area (Å²) >= 11 is 0. The van der Waals surface area contributed by atoms with Gasteiger partial charge in [0, 0.05) is 6.42 Å². The quantitative estimate of drug-likeness (QED) is 0.472. The van der Waals surface area contributed by atoms with E-state index in [1.165, 1.54) is 0 Å². The van der Waals surface area contributed by atoms with E-state index < -0.39 is 5.91 Å². The van der Waals surface area contributed by atoms with Crippen molar-refractivity contribution in [2.75, 3.05) is 13.2 Å². The van der Waals surface area contributed by atoms with E-state index in [1.807, 2.05) is 0 Å². The topological polar surface area (TPSA) is 107 Å². The fraction of sp³-hybridized carbons (Fsp3) is 0.800. The van der Waals surface area contributed by atoms with Crippen molar-refractivity contribution in [3.8, 4) is 0 Å². The largest absolute Gasteiger partial charge is 0.368 e. The fourth-order valence-electron chi connectivity index (χ4n) is 1.36. The second-order valence-corrected chi connectivity index (χ2v) is 3.67. The summed E-state index contributed by atoms with van der Waals surface area (Å²) < 4.78 is 0. The van der Waals surface area contributed by atoms with Crippen LogP contribution in [-0.4, -0.2) is 25.0 Å². The Labute approximate surface area is 95.6 Å². The van der Waals surface area contributed by atoms with Crippen molar-refractivity contribution in [1.82, 2.24) is 5.48 Å². The molecule has 94 valence electrons. The molecule has 0 aromatic heterocycles. The Balaban J connectivity index is 3.58. The monoisotopic (exact) mass is 231 g/mol. The molecule has 0 saturated carbocycles. The Bertz CT molecular complexity index is 221. The van der Waals surface area contributed by atoms with Crippen LogP contribution in [0.2, 0.25) is 0 Å². The highest BCUT2D eigenvalue weighted by molar-refractivity contribution is 5.76. The van der Waals surface area contributed by atoms with Crippen molar-refractivity contribution in [1.29, 1.82) is 0 Å². The molecule has 0 bridgehead atoms. The minimum absolute atomic E-state index is 0.239. The van der Waals surface area contributed by atoms with Gasteiger partial charge in [-0.25, -0.2) is 5.48 Å². The number of nitrogens with one attached hydrogen (secondary N) is 1. The lowest BCUT2D eigenvalue weighted by Crippen LogP contribution is -2.29. The van der Waals surface area contributed by atoms with Crippen LogP contribution in [0.5, 0.6) is 0 Å². The molecule has 0 aromatic rings. The number of primary amides is 1. The van der Waals surface area contributed by atoms with Gasteiger partial charge >= 0.3 is 0 Å². The molecule has 6 heteroatoms. The highest BCUT2D eigenvalue weighted by Crippen LogP contribution is 2.14. The van der Waals surface area contributed by atoms with E-state index in [1.54, 1.807) is 0 Å². The summed E-state index contributed by atoms with van der Waals surface area (Å²) in [4.78, 5) is 26.1. The Kier molecular flexibility index (Phi) is 8.46. The first-order valence-corrected chi connectivity index (χ1v) is 5.49. The highest BCUT2D eigenvalue weighted by atomic mass is 16.7. The van der Waals surface area contributed by atoms with Crippen LogP contribution in [0.4, 0.5) is 0 Å². The molecule has 0 heterocycles. The Hall–Kier alpha value is -1.14. The SMILES string of the molecule is CCC(CCN)CCC(=O)NOCC(N)=O. The Morgan fingerprint density at radius 3 is 2.56 bits per heavy atom. The maximum atomic E-state index is 11.2. The zero-order valence-electron chi connectivity index (χ0n) is 9.70. The maximum absolute atomic E-state index is 11.2. The molecule has 1 atom stereocenters. The summed E-state index contributed by atoms with van der Waals surface area (Å²) in [5.41, 5.74) is 12.4. The summed E-state index contributed by atoms with van der Waals surface area (Å²) in [7, 11) is 0. The summed E-state index contributed by atoms with van der Waals surface area (Å²) in [6.45, 7) is 2.41. The zero-order valence-corrected chi connectivity index (χ0v) is 9.70. The van der Waals surface area contributed by atoms with E-state index in [2.05, 4.69) is 17.2 Å². The molecule has 0 aliphatic heterocycles. The number of amides is 2. The van der Waals surface area contributed by atoms with Crippen LogP contribution in [0, 0.1) is 5.92 Å². The van der Waals surface area contributed by atoms with E-state index >= 15 is 0 Å². The number of rotatable bonds is 9. The molecule has 1 unspecified atom stereocenters. The van der Waals surface area contributed by atoms with Crippen molar-refractivity contribution >= 4 is 11.8 Å². The van der Waals surface area contributed by atoms with Gasteiger partial charge in [0.1, 0.15) is 0 Å². The van der Waals surface area contributed by atoms with E-state index in [4.69, 9.17) is 11.5 Å². The molecule has 16 heavy (non-hydrogen) atoms. The summed E-state index contributed by atoms with van der Waals surface area (Å²) in [5.74, 6) is -0.390. The minimum Gasteiger partial charge on any atom is -0.368 e. The van der Waals surface area contributed by atoms with Crippen LogP contribution in [0.15, 0.2) is 0 Å². The predicted octanol–water partition coefficient (Wildman–Crippen LogP) is -0.325. The van der Waals surface area contributed by atoms with E-state index in [-0.39, 0.29) is 12.5 Å². The van der Waals surface area contributed by atoms with Crippen molar-refractivity contribution in [2.24, 2.45) is 17.4 Å². The predicted molar refractivity (Wildman–Crippen MR) is 60.0 cm³/mol. The lowest BCUT2D eigenvalue weighted by Gasteiger charge is -2.12. The second-order valence-electron chi connectivity index (χ2n) is 3.67. The van der Waals surface area contributed by atoms with Gasteiger partial charge in [0.15, 0.2) is 6.61 Å². The summed E-state index contributed by atoms with van der Waals surface area (Å²) in [6, 6.07) is 0. The molecular weight excluding hydrogens is 210 g/mol. The summed E-state index contributed by atoms with van der Waals surface area (Å²) in [5, 5.41) is 0. The third-order valence-corrected chi connectivity index (χ3v) is 2.33. The van der Waals surface area contributed by atoms with Crippen LogP contribution >= 0.6 is 0 Å². The van der Waals surface area contributed by atoms with Gasteiger partial charge < -0.3 is 11.5 Å². The Morgan fingerprint density at radius 1 is 1.38 bits per heavy atom. The van der Waals surface area contributed by atoms with Crippen LogP contribution in [0.25, 0.3) is 0 Å². The minimum atomic E-state index is -0.616. The van der Waals surface area contributed by atoms with Gasteiger partial charge in [0.05, 0.1) is 0 Å². The van der Waals surface area contributed by atoms with Crippen LogP contribution in [-0.2, 0) is 14.4 Å². The molecule has 0 rings (SSSR count). The first kappa shape index (κ1) is 14.9. The van der Waals surface area contributed by atoms with Gasteiger partial charge in [-0.1, -0.05) is 13.3 Å². The molecule has 5 N–H and O–H groups in total. The number of carbonyl (C=O) groups excluding carboxylic acids is 2. The molecule has 0 aromatic carbocycles. The van der Waals surface area contributed by atoms with Crippen molar-refractivity contribution in [3.63, 3.8) is 0 Å². The number of carbonyl (C=O) groups is 2. The van der Waals surface area contributed by atoms with E-state index in [0.29, 0.717) is 18.9 Å². The number of hydrogen-bond donors (Lipinski definition) is 3. The number of hydroxylamine groups is 1. The molecule has 0 radical (unpaired) electrons. The van der Waals surface area contributed by atoms with Crippen LogP contribution < -0.4 is 16.9 Å². The van der Waals surface area contributed by atoms with Crippen molar-refractivity contribution < 1.29 is 14.4 Å². The van der Waals surface area contributed by atoms with Crippen LogP contribution in [0.3, 0.4) is 0 Å².